The quantitative estimate of drug-likeness (QED) is 0.901. The van der Waals surface area contributed by atoms with E-state index in [-0.39, 0.29) is 12.0 Å². The molecule has 1 aliphatic rings. The molecule has 9 heteroatoms. The fourth-order valence-electron chi connectivity index (χ4n) is 1.87. The third kappa shape index (κ3) is 3.47. The van der Waals surface area contributed by atoms with E-state index in [2.05, 4.69) is 19.9 Å². The molecule has 0 aromatic carbocycles. The van der Waals surface area contributed by atoms with Gasteiger partial charge in [-0.05, 0) is 0 Å². The highest BCUT2D eigenvalue weighted by atomic mass is 35.5. The van der Waals surface area contributed by atoms with Gasteiger partial charge in [-0.3, -0.25) is 4.98 Å². The third-order valence-corrected chi connectivity index (χ3v) is 3.01. The minimum atomic E-state index is 0.0940. The van der Waals surface area contributed by atoms with Crippen molar-refractivity contribution < 1.29 is 9.47 Å². The molecule has 0 bridgehead atoms. The number of rotatable bonds is 3. The van der Waals surface area contributed by atoms with Gasteiger partial charge in [0.2, 0.25) is 11.9 Å². The van der Waals surface area contributed by atoms with Crippen LogP contribution in [-0.2, 0) is 4.74 Å². The summed E-state index contributed by atoms with van der Waals surface area (Å²) >= 11 is 5.85. The largest absolute Gasteiger partial charge is 0.422 e. The van der Waals surface area contributed by atoms with Gasteiger partial charge >= 0.3 is 6.01 Å². The van der Waals surface area contributed by atoms with Crippen LogP contribution in [0.2, 0.25) is 5.02 Å². The number of ether oxygens (including phenoxy) is 2. The molecule has 3 heterocycles. The number of pyridine rings is 1. The Hall–Kier alpha value is -2.19. The van der Waals surface area contributed by atoms with E-state index in [0.717, 1.165) is 0 Å². The van der Waals surface area contributed by atoms with Crippen LogP contribution in [0.25, 0.3) is 0 Å². The zero-order valence-electron chi connectivity index (χ0n) is 11.1. The zero-order valence-corrected chi connectivity index (χ0v) is 11.8. The number of anilines is 2. The van der Waals surface area contributed by atoms with Crippen LogP contribution in [0.3, 0.4) is 0 Å². The molecule has 8 nitrogen and oxygen atoms in total. The lowest BCUT2D eigenvalue weighted by Gasteiger charge is -2.26. The number of aromatic nitrogens is 4. The molecule has 1 fully saturated rings. The summed E-state index contributed by atoms with van der Waals surface area (Å²) in [5.41, 5.74) is 5.71. The van der Waals surface area contributed by atoms with Crippen molar-refractivity contribution in [2.45, 2.75) is 0 Å². The number of hydrogen-bond donors (Lipinski definition) is 1. The number of nitrogens with two attached hydrogens (primary N) is 1. The topological polar surface area (TPSA) is 99.3 Å². The summed E-state index contributed by atoms with van der Waals surface area (Å²) in [5, 5.41) is 0.461. The molecule has 0 atom stereocenters. The van der Waals surface area contributed by atoms with Gasteiger partial charge in [0, 0.05) is 25.4 Å². The Labute approximate surface area is 125 Å². The molecule has 2 aromatic rings. The summed E-state index contributed by atoms with van der Waals surface area (Å²) in [5.74, 6) is 0.994. The van der Waals surface area contributed by atoms with E-state index in [0.29, 0.717) is 43.0 Å². The summed E-state index contributed by atoms with van der Waals surface area (Å²) in [6.07, 6.45) is 3.02. The standard InChI is InChI=1S/C12H13ClN6O2/c13-8-5-9(7-15-6-8)21-12-17-10(14)16-11(18-12)19-1-3-20-4-2-19/h5-7H,1-4H2,(H2,14,16,17,18). The summed E-state index contributed by atoms with van der Waals surface area (Å²) in [6.45, 7) is 2.64. The van der Waals surface area contributed by atoms with Gasteiger partial charge in [-0.25, -0.2) is 0 Å². The highest BCUT2D eigenvalue weighted by Gasteiger charge is 2.16. The van der Waals surface area contributed by atoms with E-state index in [4.69, 9.17) is 26.8 Å². The van der Waals surface area contributed by atoms with E-state index in [1.54, 1.807) is 6.07 Å². The Balaban J connectivity index is 1.83. The Morgan fingerprint density at radius 1 is 1.19 bits per heavy atom. The average Bonchev–Trinajstić information content (AvgIpc) is 2.47. The fourth-order valence-corrected chi connectivity index (χ4v) is 2.03. The van der Waals surface area contributed by atoms with Crippen LogP contribution < -0.4 is 15.4 Å². The molecule has 21 heavy (non-hydrogen) atoms. The SMILES string of the molecule is Nc1nc(Oc2cncc(Cl)c2)nc(N2CCOCC2)n1. The molecule has 1 aliphatic heterocycles. The molecule has 0 unspecified atom stereocenters. The van der Waals surface area contributed by atoms with E-state index >= 15 is 0 Å². The lowest BCUT2D eigenvalue weighted by atomic mass is 10.4. The van der Waals surface area contributed by atoms with E-state index < -0.39 is 0 Å². The molecule has 0 spiro atoms. The predicted molar refractivity (Wildman–Crippen MR) is 76.6 cm³/mol. The first-order chi connectivity index (χ1) is 10.2. The van der Waals surface area contributed by atoms with Crippen LogP contribution in [-0.4, -0.2) is 46.2 Å². The molecule has 0 amide bonds. The molecule has 2 aromatic heterocycles. The van der Waals surface area contributed by atoms with E-state index in [1.165, 1.54) is 12.4 Å². The van der Waals surface area contributed by atoms with Crippen molar-refractivity contribution in [3.63, 3.8) is 0 Å². The van der Waals surface area contributed by atoms with Crippen LogP contribution >= 0.6 is 11.6 Å². The van der Waals surface area contributed by atoms with Crippen molar-refractivity contribution in [3.05, 3.63) is 23.5 Å². The second-order valence-corrected chi connectivity index (χ2v) is 4.75. The van der Waals surface area contributed by atoms with Crippen molar-refractivity contribution in [1.29, 1.82) is 0 Å². The van der Waals surface area contributed by atoms with E-state index in [9.17, 15) is 0 Å². The smallest absolute Gasteiger partial charge is 0.328 e. The van der Waals surface area contributed by atoms with Crippen molar-refractivity contribution in [2.75, 3.05) is 36.9 Å². The Morgan fingerprint density at radius 3 is 2.76 bits per heavy atom. The van der Waals surface area contributed by atoms with Gasteiger partial charge in [-0.15, -0.1) is 0 Å². The summed E-state index contributed by atoms with van der Waals surface area (Å²) in [4.78, 5) is 18.2. The molecule has 0 radical (unpaired) electrons. The average molecular weight is 309 g/mol. The normalized spacial score (nSPS) is 15.0. The lowest BCUT2D eigenvalue weighted by Crippen LogP contribution is -2.37. The van der Waals surface area contributed by atoms with Gasteiger partial charge in [-0.2, -0.15) is 15.0 Å². The highest BCUT2D eigenvalue weighted by molar-refractivity contribution is 6.30. The van der Waals surface area contributed by atoms with Crippen LogP contribution in [0.5, 0.6) is 11.8 Å². The Kier molecular flexibility index (Phi) is 3.98. The minimum absolute atomic E-state index is 0.0940. The molecule has 3 rings (SSSR count). The van der Waals surface area contributed by atoms with Crippen molar-refractivity contribution in [3.8, 4) is 11.8 Å². The van der Waals surface area contributed by atoms with Gasteiger partial charge < -0.3 is 20.1 Å². The maximum Gasteiger partial charge on any atom is 0.328 e. The highest BCUT2D eigenvalue weighted by Crippen LogP contribution is 2.22. The predicted octanol–water partition coefficient (Wildman–Crippen LogP) is 1.13. The zero-order chi connectivity index (χ0) is 14.7. The maximum absolute atomic E-state index is 5.85. The van der Waals surface area contributed by atoms with Crippen LogP contribution in [0.1, 0.15) is 0 Å². The van der Waals surface area contributed by atoms with Crippen LogP contribution in [0.4, 0.5) is 11.9 Å². The molecular formula is C12H13ClN6O2. The molecular weight excluding hydrogens is 296 g/mol. The number of nitrogens with zero attached hydrogens (tertiary/aromatic N) is 5. The number of hydrogen-bond acceptors (Lipinski definition) is 8. The van der Waals surface area contributed by atoms with Gasteiger partial charge in [0.15, 0.2) is 5.75 Å². The lowest BCUT2D eigenvalue weighted by molar-refractivity contribution is 0.122. The monoisotopic (exact) mass is 308 g/mol. The first kappa shape index (κ1) is 13.8. The minimum Gasteiger partial charge on any atom is -0.422 e. The van der Waals surface area contributed by atoms with Gasteiger partial charge in [0.25, 0.3) is 0 Å². The number of morpholine rings is 1. The fraction of sp³-hybridized carbons (Fsp3) is 0.333. The summed E-state index contributed by atoms with van der Waals surface area (Å²) in [7, 11) is 0. The van der Waals surface area contributed by atoms with E-state index in [1.807, 2.05) is 4.90 Å². The van der Waals surface area contributed by atoms with Gasteiger partial charge in [-0.1, -0.05) is 11.6 Å². The second kappa shape index (κ2) is 6.06. The maximum atomic E-state index is 5.85. The Morgan fingerprint density at radius 2 is 2.00 bits per heavy atom. The molecule has 1 saturated heterocycles. The van der Waals surface area contributed by atoms with Crippen LogP contribution in [0, 0.1) is 0 Å². The molecule has 110 valence electrons. The van der Waals surface area contributed by atoms with Crippen molar-refractivity contribution in [2.24, 2.45) is 0 Å². The third-order valence-electron chi connectivity index (χ3n) is 2.80. The molecule has 2 N–H and O–H groups in total. The molecule has 0 saturated carbocycles. The molecule has 0 aliphatic carbocycles. The van der Waals surface area contributed by atoms with Crippen molar-refractivity contribution >= 4 is 23.5 Å². The summed E-state index contributed by atoms with van der Waals surface area (Å²) in [6, 6.07) is 1.72. The Bertz CT molecular complexity index is 635. The first-order valence-corrected chi connectivity index (χ1v) is 6.71. The first-order valence-electron chi connectivity index (χ1n) is 6.33. The second-order valence-electron chi connectivity index (χ2n) is 4.32. The summed E-state index contributed by atoms with van der Waals surface area (Å²) < 4.78 is 10.8. The van der Waals surface area contributed by atoms with Crippen molar-refractivity contribution in [1.82, 2.24) is 19.9 Å². The van der Waals surface area contributed by atoms with Gasteiger partial charge in [0.05, 0.1) is 24.4 Å². The van der Waals surface area contributed by atoms with Gasteiger partial charge in [0.1, 0.15) is 0 Å². The number of nitrogen functional groups attached to an aromatic ring is 1. The number of halogens is 1. The van der Waals surface area contributed by atoms with Crippen LogP contribution in [0.15, 0.2) is 18.5 Å².